The normalized spacial score (nSPS) is 25.5. The molecule has 0 aromatic rings. The van der Waals surface area contributed by atoms with Crippen molar-refractivity contribution in [1.82, 2.24) is 10.0 Å². The largest absolute Gasteiger partial charge is 0.391 e. The molecule has 0 aromatic heterocycles. The Kier molecular flexibility index (Phi) is 6.07. The third kappa shape index (κ3) is 7.12. The van der Waals surface area contributed by atoms with Gasteiger partial charge in [0.25, 0.3) is 0 Å². The van der Waals surface area contributed by atoms with Crippen molar-refractivity contribution in [2.45, 2.75) is 44.3 Å². The van der Waals surface area contributed by atoms with Crippen molar-refractivity contribution in [1.29, 1.82) is 0 Å². The second-order valence-corrected chi connectivity index (χ2v) is 6.90. The molecule has 19 heavy (non-hydrogen) atoms. The maximum Gasteiger partial charge on any atom is 0.391 e. The van der Waals surface area contributed by atoms with Crippen LogP contribution in [0.3, 0.4) is 0 Å². The first-order valence-corrected chi connectivity index (χ1v) is 8.32. The zero-order valence-corrected chi connectivity index (χ0v) is 11.8. The molecule has 0 saturated heterocycles. The third-order valence-corrected chi connectivity index (χ3v) is 4.07. The molecular formula is C11H21F3N2O2S. The van der Waals surface area contributed by atoms with E-state index in [0.717, 1.165) is 6.26 Å². The molecule has 8 heteroatoms. The van der Waals surface area contributed by atoms with Crippen molar-refractivity contribution >= 4 is 10.0 Å². The maximum atomic E-state index is 12.4. The second kappa shape index (κ2) is 6.90. The van der Waals surface area contributed by atoms with Gasteiger partial charge in [0, 0.05) is 12.6 Å². The Morgan fingerprint density at radius 3 is 2.16 bits per heavy atom. The van der Waals surface area contributed by atoms with Crippen LogP contribution in [0.1, 0.15) is 32.1 Å². The molecule has 0 aliphatic heterocycles. The zero-order valence-electron chi connectivity index (χ0n) is 11.0. The molecule has 0 atom stereocenters. The Morgan fingerprint density at radius 1 is 1.11 bits per heavy atom. The summed E-state index contributed by atoms with van der Waals surface area (Å²) in [6.07, 6.45) is -0.908. The Morgan fingerprint density at radius 2 is 1.68 bits per heavy atom. The number of rotatable bonds is 6. The molecule has 0 aromatic carbocycles. The maximum absolute atomic E-state index is 12.4. The molecule has 0 radical (unpaired) electrons. The van der Waals surface area contributed by atoms with Gasteiger partial charge in [-0.2, -0.15) is 13.2 Å². The molecule has 2 N–H and O–H groups in total. The first kappa shape index (κ1) is 16.7. The van der Waals surface area contributed by atoms with Gasteiger partial charge in [-0.15, -0.1) is 0 Å². The third-order valence-electron chi connectivity index (χ3n) is 3.34. The summed E-state index contributed by atoms with van der Waals surface area (Å²) in [6, 6.07) is 0.122. The minimum absolute atomic E-state index is 0.122. The fourth-order valence-corrected chi connectivity index (χ4v) is 2.79. The van der Waals surface area contributed by atoms with Crippen LogP contribution in [0.2, 0.25) is 0 Å². The highest BCUT2D eigenvalue weighted by Crippen LogP contribution is 2.37. The monoisotopic (exact) mass is 302 g/mol. The Balaban J connectivity index is 2.10. The molecule has 1 fully saturated rings. The quantitative estimate of drug-likeness (QED) is 0.733. The van der Waals surface area contributed by atoms with Crippen LogP contribution < -0.4 is 10.0 Å². The van der Waals surface area contributed by atoms with E-state index in [0.29, 0.717) is 32.4 Å². The highest BCUT2D eigenvalue weighted by Gasteiger charge is 2.41. The van der Waals surface area contributed by atoms with E-state index in [1.54, 1.807) is 0 Å². The van der Waals surface area contributed by atoms with Crippen LogP contribution in [0.4, 0.5) is 13.2 Å². The minimum atomic E-state index is -4.07. The molecule has 0 bridgehead atoms. The first-order valence-electron chi connectivity index (χ1n) is 6.43. The number of sulfonamides is 1. The van der Waals surface area contributed by atoms with Crippen molar-refractivity contribution in [3.63, 3.8) is 0 Å². The lowest BCUT2D eigenvalue weighted by Crippen LogP contribution is -2.38. The van der Waals surface area contributed by atoms with Crippen LogP contribution in [0.25, 0.3) is 0 Å². The van der Waals surface area contributed by atoms with Crippen LogP contribution in [-0.4, -0.2) is 40.0 Å². The van der Waals surface area contributed by atoms with Gasteiger partial charge in [0.1, 0.15) is 0 Å². The number of nitrogens with one attached hydrogen (secondary N) is 2. The molecule has 0 heterocycles. The Bertz CT molecular complexity index is 363. The SMILES string of the molecule is CS(=O)(=O)NCCCNC1CCC(C(F)(F)F)CC1. The summed E-state index contributed by atoms with van der Waals surface area (Å²) < 4.78 is 61.3. The van der Waals surface area contributed by atoms with Crippen molar-refractivity contribution in [3.8, 4) is 0 Å². The Hall–Kier alpha value is -0.340. The van der Waals surface area contributed by atoms with E-state index in [4.69, 9.17) is 0 Å². The minimum Gasteiger partial charge on any atom is -0.314 e. The summed E-state index contributed by atoms with van der Waals surface area (Å²) in [4.78, 5) is 0. The summed E-state index contributed by atoms with van der Waals surface area (Å²) in [6.45, 7) is 0.966. The molecule has 1 rings (SSSR count). The number of hydrogen-bond donors (Lipinski definition) is 2. The lowest BCUT2D eigenvalue weighted by atomic mass is 9.85. The fourth-order valence-electron chi connectivity index (χ4n) is 2.28. The van der Waals surface area contributed by atoms with Crippen molar-refractivity contribution in [2.24, 2.45) is 5.92 Å². The van der Waals surface area contributed by atoms with Crippen LogP contribution in [0, 0.1) is 5.92 Å². The van der Waals surface area contributed by atoms with Gasteiger partial charge in [-0.3, -0.25) is 0 Å². The molecule has 0 spiro atoms. The van der Waals surface area contributed by atoms with E-state index in [-0.39, 0.29) is 18.9 Å². The lowest BCUT2D eigenvalue weighted by molar-refractivity contribution is -0.182. The number of halogens is 3. The van der Waals surface area contributed by atoms with E-state index >= 15 is 0 Å². The lowest BCUT2D eigenvalue weighted by Gasteiger charge is -2.30. The van der Waals surface area contributed by atoms with E-state index < -0.39 is 22.1 Å². The predicted octanol–water partition coefficient (Wildman–Crippen LogP) is 1.64. The van der Waals surface area contributed by atoms with Crippen molar-refractivity contribution in [2.75, 3.05) is 19.3 Å². The van der Waals surface area contributed by atoms with Gasteiger partial charge in [-0.05, 0) is 38.6 Å². The fraction of sp³-hybridized carbons (Fsp3) is 1.00. The summed E-state index contributed by atoms with van der Waals surface area (Å²) in [5, 5.41) is 3.18. The van der Waals surface area contributed by atoms with Gasteiger partial charge in [-0.1, -0.05) is 0 Å². The van der Waals surface area contributed by atoms with Crippen LogP contribution in [-0.2, 0) is 10.0 Å². The van der Waals surface area contributed by atoms with E-state index in [9.17, 15) is 21.6 Å². The van der Waals surface area contributed by atoms with Crippen molar-refractivity contribution < 1.29 is 21.6 Å². The molecule has 4 nitrogen and oxygen atoms in total. The van der Waals surface area contributed by atoms with Crippen LogP contribution in [0.5, 0.6) is 0 Å². The van der Waals surface area contributed by atoms with Gasteiger partial charge in [0.2, 0.25) is 10.0 Å². The van der Waals surface area contributed by atoms with Crippen molar-refractivity contribution in [3.05, 3.63) is 0 Å². The first-order chi connectivity index (χ1) is 8.68. The van der Waals surface area contributed by atoms with Gasteiger partial charge in [0.05, 0.1) is 12.2 Å². The standard InChI is InChI=1S/C11H21F3N2O2S/c1-19(17,18)16-8-2-7-15-10-5-3-9(4-6-10)11(12,13)14/h9-10,15-16H,2-8H2,1H3. The van der Waals surface area contributed by atoms with Gasteiger partial charge >= 0.3 is 6.18 Å². The predicted molar refractivity (Wildman–Crippen MR) is 67.3 cm³/mol. The average molecular weight is 302 g/mol. The highest BCUT2D eigenvalue weighted by atomic mass is 32.2. The van der Waals surface area contributed by atoms with E-state index in [2.05, 4.69) is 10.0 Å². The zero-order chi connectivity index (χ0) is 14.5. The molecule has 1 aliphatic rings. The molecular weight excluding hydrogens is 281 g/mol. The summed E-state index contributed by atoms with van der Waals surface area (Å²) in [5.74, 6) is -1.16. The Labute approximate surface area is 112 Å². The van der Waals surface area contributed by atoms with Crippen LogP contribution >= 0.6 is 0 Å². The average Bonchev–Trinajstić information content (AvgIpc) is 2.26. The number of hydrogen-bond acceptors (Lipinski definition) is 3. The highest BCUT2D eigenvalue weighted by molar-refractivity contribution is 7.88. The van der Waals surface area contributed by atoms with Gasteiger partial charge < -0.3 is 5.32 Å². The topological polar surface area (TPSA) is 58.2 Å². The van der Waals surface area contributed by atoms with E-state index in [1.807, 2.05) is 0 Å². The summed E-state index contributed by atoms with van der Waals surface area (Å²) in [7, 11) is -3.16. The van der Waals surface area contributed by atoms with Crippen LogP contribution in [0.15, 0.2) is 0 Å². The molecule has 1 aliphatic carbocycles. The van der Waals surface area contributed by atoms with Gasteiger partial charge in [0.15, 0.2) is 0 Å². The molecule has 0 unspecified atom stereocenters. The summed E-state index contributed by atoms with van der Waals surface area (Å²) >= 11 is 0. The van der Waals surface area contributed by atoms with Gasteiger partial charge in [-0.25, -0.2) is 13.1 Å². The number of alkyl halides is 3. The molecule has 0 amide bonds. The summed E-state index contributed by atoms with van der Waals surface area (Å²) in [5.41, 5.74) is 0. The molecule has 114 valence electrons. The molecule has 1 saturated carbocycles. The smallest absolute Gasteiger partial charge is 0.314 e. The van der Waals surface area contributed by atoms with E-state index in [1.165, 1.54) is 0 Å². The second-order valence-electron chi connectivity index (χ2n) is 5.06.